The van der Waals surface area contributed by atoms with Gasteiger partial charge >= 0.3 is 0 Å². The molecule has 2 rings (SSSR count). The van der Waals surface area contributed by atoms with Gasteiger partial charge in [-0.3, -0.25) is 4.79 Å². The summed E-state index contributed by atoms with van der Waals surface area (Å²) in [6, 6.07) is 0.487. The topological polar surface area (TPSA) is 46.3 Å². The van der Waals surface area contributed by atoms with Crippen LogP contribution in [0.4, 0.5) is 0 Å². The zero-order chi connectivity index (χ0) is 13.5. The number of hydrogen-bond donors (Lipinski definition) is 1. The summed E-state index contributed by atoms with van der Waals surface area (Å²) in [5.74, 6) is 0.701. The van der Waals surface area contributed by atoms with Gasteiger partial charge in [0.25, 0.3) is 0 Å². The van der Waals surface area contributed by atoms with E-state index < -0.39 is 0 Å². The van der Waals surface area contributed by atoms with Gasteiger partial charge in [-0.15, -0.1) is 0 Å². The van der Waals surface area contributed by atoms with Crippen molar-refractivity contribution in [1.29, 1.82) is 0 Å². The average Bonchev–Trinajstić information content (AvgIpc) is 2.88. The second-order valence-electron chi connectivity index (χ2n) is 6.30. The molecule has 2 aliphatic rings. The van der Waals surface area contributed by atoms with Gasteiger partial charge < -0.3 is 10.6 Å². The summed E-state index contributed by atoms with van der Waals surface area (Å²) in [5, 5.41) is 0. The first-order valence-electron chi connectivity index (χ1n) is 8.33. The van der Waals surface area contributed by atoms with E-state index in [-0.39, 0.29) is 5.92 Å². The first kappa shape index (κ1) is 14.8. The van der Waals surface area contributed by atoms with E-state index in [1.807, 2.05) is 0 Å². The molecule has 0 radical (unpaired) electrons. The van der Waals surface area contributed by atoms with Gasteiger partial charge in [0.2, 0.25) is 5.91 Å². The molecule has 0 unspecified atom stereocenters. The summed E-state index contributed by atoms with van der Waals surface area (Å²) in [4.78, 5) is 14.9. The van der Waals surface area contributed by atoms with Crippen molar-refractivity contribution < 1.29 is 4.79 Å². The van der Waals surface area contributed by atoms with Crippen LogP contribution in [0.3, 0.4) is 0 Å². The van der Waals surface area contributed by atoms with Crippen LogP contribution < -0.4 is 5.73 Å². The number of nitrogens with two attached hydrogens (primary N) is 1. The van der Waals surface area contributed by atoms with Crippen molar-refractivity contribution >= 4 is 5.91 Å². The molecule has 3 heteroatoms. The quantitative estimate of drug-likeness (QED) is 0.850. The van der Waals surface area contributed by atoms with Crippen LogP contribution in [0.2, 0.25) is 0 Å². The highest BCUT2D eigenvalue weighted by Crippen LogP contribution is 2.28. The van der Waals surface area contributed by atoms with E-state index in [9.17, 15) is 4.79 Å². The number of carbonyl (C=O) groups is 1. The maximum atomic E-state index is 12.8. The highest BCUT2D eigenvalue weighted by atomic mass is 16.2. The molecule has 0 aromatic heterocycles. The van der Waals surface area contributed by atoms with Gasteiger partial charge in [0, 0.05) is 25.0 Å². The summed E-state index contributed by atoms with van der Waals surface area (Å²) in [6.07, 6.45) is 13.6. The molecular weight excluding hydrogens is 236 g/mol. The Hall–Kier alpha value is -0.570. The molecule has 110 valence electrons. The molecule has 2 fully saturated rings. The fourth-order valence-electron chi connectivity index (χ4n) is 3.77. The van der Waals surface area contributed by atoms with Gasteiger partial charge in [0.1, 0.15) is 0 Å². The van der Waals surface area contributed by atoms with Crippen molar-refractivity contribution in [1.82, 2.24) is 4.90 Å². The summed E-state index contributed by atoms with van der Waals surface area (Å²) in [7, 11) is 0. The van der Waals surface area contributed by atoms with E-state index in [1.165, 1.54) is 57.8 Å². The molecule has 0 saturated heterocycles. The zero-order valence-corrected chi connectivity index (χ0v) is 12.3. The molecule has 2 saturated carbocycles. The highest BCUT2D eigenvalue weighted by molar-refractivity contribution is 5.79. The average molecular weight is 266 g/mol. The van der Waals surface area contributed by atoms with Crippen LogP contribution >= 0.6 is 0 Å². The molecule has 19 heavy (non-hydrogen) atoms. The smallest absolute Gasteiger partial charge is 0.225 e. The standard InChI is InChI=1S/C16H30N2O/c17-12-13-18(15-10-6-7-11-15)16(19)14-8-4-2-1-3-5-9-14/h14-15H,1-13,17H2. The van der Waals surface area contributed by atoms with Crippen molar-refractivity contribution in [3.05, 3.63) is 0 Å². The lowest BCUT2D eigenvalue weighted by Gasteiger charge is -2.32. The second kappa shape index (κ2) is 7.88. The third-order valence-corrected chi connectivity index (χ3v) is 4.87. The minimum Gasteiger partial charge on any atom is -0.338 e. The van der Waals surface area contributed by atoms with Gasteiger partial charge in [0.15, 0.2) is 0 Å². The lowest BCUT2D eigenvalue weighted by Crippen LogP contribution is -2.45. The Morgan fingerprint density at radius 3 is 2.00 bits per heavy atom. The Morgan fingerprint density at radius 1 is 0.895 bits per heavy atom. The summed E-state index contributed by atoms with van der Waals surface area (Å²) in [5.41, 5.74) is 5.73. The van der Waals surface area contributed by atoms with Crippen molar-refractivity contribution in [2.45, 2.75) is 76.7 Å². The van der Waals surface area contributed by atoms with Crippen LogP contribution in [0.1, 0.15) is 70.6 Å². The van der Waals surface area contributed by atoms with Crippen molar-refractivity contribution in [2.24, 2.45) is 11.7 Å². The fraction of sp³-hybridized carbons (Fsp3) is 0.938. The first-order valence-corrected chi connectivity index (χ1v) is 8.33. The largest absolute Gasteiger partial charge is 0.338 e. The predicted octanol–water partition coefficient (Wildman–Crippen LogP) is 3.08. The summed E-state index contributed by atoms with van der Waals surface area (Å²) >= 11 is 0. The Balaban J connectivity index is 1.95. The number of carbonyl (C=O) groups excluding carboxylic acids is 1. The molecule has 0 heterocycles. The van der Waals surface area contributed by atoms with Crippen molar-refractivity contribution in [2.75, 3.05) is 13.1 Å². The van der Waals surface area contributed by atoms with E-state index in [2.05, 4.69) is 4.90 Å². The van der Waals surface area contributed by atoms with Crippen LogP contribution in [0, 0.1) is 5.92 Å². The third kappa shape index (κ3) is 4.20. The maximum Gasteiger partial charge on any atom is 0.225 e. The van der Waals surface area contributed by atoms with Gasteiger partial charge in [-0.05, 0) is 25.7 Å². The highest BCUT2D eigenvalue weighted by Gasteiger charge is 2.30. The molecule has 1 amide bonds. The fourth-order valence-corrected chi connectivity index (χ4v) is 3.77. The molecule has 2 N–H and O–H groups in total. The molecule has 0 atom stereocenters. The van der Waals surface area contributed by atoms with Crippen LogP contribution in [-0.4, -0.2) is 29.9 Å². The van der Waals surface area contributed by atoms with E-state index in [4.69, 9.17) is 5.73 Å². The van der Waals surface area contributed by atoms with E-state index in [0.29, 0.717) is 18.5 Å². The molecule has 2 aliphatic carbocycles. The molecule has 0 aromatic carbocycles. The normalized spacial score (nSPS) is 23.0. The lowest BCUT2D eigenvalue weighted by atomic mass is 9.89. The Labute approximate surface area is 117 Å². The summed E-state index contributed by atoms with van der Waals surface area (Å²) in [6.45, 7) is 1.37. The monoisotopic (exact) mass is 266 g/mol. The maximum absolute atomic E-state index is 12.8. The van der Waals surface area contributed by atoms with E-state index >= 15 is 0 Å². The Morgan fingerprint density at radius 2 is 1.42 bits per heavy atom. The van der Waals surface area contributed by atoms with Crippen LogP contribution in [0.25, 0.3) is 0 Å². The number of amides is 1. The minimum absolute atomic E-state index is 0.285. The number of rotatable bonds is 4. The van der Waals surface area contributed by atoms with Gasteiger partial charge in [0.05, 0.1) is 0 Å². The van der Waals surface area contributed by atoms with Crippen LogP contribution in [-0.2, 0) is 4.79 Å². The molecule has 0 bridgehead atoms. The SMILES string of the molecule is NCCN(C(=O)C1CCCCCCC1)C1CCCC1. The summed E-state index contributed by atoms with van der Waals surface area (Å²) < 4.78 is 0. The molecule has 0 spiro atoms. The predicted molar refractivity (Wildman–Crippen MR) is 78.8 cm³/mol. The Kier molecular flexibility index (Phi) is 6.15. The van der Waals surface area contributed by atoms with Crippen molar-refractivity contribution in [3.63, 3.8) is 0 Å². The number of hydrogen-bond acceptors (Lipinski definition) is 2. The van der Waals surface area contributed by atoms with E-state index in [0.717, 1.165) is 19.4 Å². The zero-order valence-electron chi connectivity index (χ0n) is 12.3. The van der Waals surface area contributed by atoms with Gasteiger partial charge in [-0.2, -0.15) is 0 Å². The lowest BCUT2D eigenvalue weighted by molar-refractivity contribution is -0.138. The Bertz CT molecular complexity index is 266. The number of nitrogens with zero attached hydrogens (tertiary/aromatic N) is 1. The van der Waals surface area contributed by atoms with Gasteiger partial charge in [-0.1, -0.05) is 44.9 Å². The molecule has 0 aliphatic heterocycles. The molecular formula is C16H30N2O. The minimum atomic E-state index is 0.285. The third-order valence-electron chi connectivity index (χ3n) is 4.87. The van der Waals surface area contributed by atoms with E-state index in [1.54, 1.807) is 0 Å². The molecule has 3 nitrogen and oxygen atoms in total. The van der Waals surface area contributed by atoms with Crippen LogP contribution in [0.15, 0.2) is 0 Å². The second-order valence-corrected chi connectivity index (χ2v) is 6.30. The first-order chi connectivity index (χ1) is 9.33. The van der Waals surface area contributed by atoms with Crippen LogP contribution in [0.5, 0.6) is 0 Å². The molecule has 0 aromatic rings. The van der Waals surface area contributed by atoms with Gasteiger partial charge in [-0.25, -0.2) is 0 Å². The van der Waals surface area contributed by atoms with Crippen molar-refractivity contribution in [3.8, 4) is 0 Å².